The summed E-state index contributed by atoms with van der Waals surface area (Å²) in [6.45, 7) is 4.79. The van der Waals surface area contributed by atoms with E-state index in [4.69, 9.17) is 14.6 Å². The highest BCUT2D eigenvalue weighted by atomic mass is 16.6. The minimum Gasteiger partial charge on any atom is -0.486 e. The number of amides is 1. The van der Waals surface area contributed by atoms with Crippen molar-refractivity contribution >= 4 is 5.91 Å². The lowest BCUT2D eigenvalue weighted by Gasteiger charge is -2.26. The molecule has 3 rings (SSSR count). The number of carbonyl (C=O) groups is 1. The van der Waals surface area contributed by atoms with Crippen molar-refractivity contribution in [3.05, 3.63) is 36.2 Å². The van der Waals surface area contributed by atoms with E-state index in [1.807, 2.05) is 38.1 Å². The molecule has 25 heavy (non-hydrogen) atoms. The Labute approximate surface area is 146 Å². The largest absolute Gasteiger partial charge is 0.486 e. The first-order chi connectivity index (χ1) is 12.1. The van der Waals surface area contributed by atoms with Gasteiger partial charge in [-0.1, -0.05) is 17.3 Å². The second-order valence-corrected chi connectivity index (χ2v) is 6.14. The molecule has 0 aliphatic carbocycles. The lowest BCUT2D eigenvalue weighted by atomic mass is 10.2. The maximum absolute atomic E-state index is 12.5. The fraction of sp³-hybridized carbons (Fsp3) is 0.471. The zero-order chi connectivity index (χ0) is 17.8. The number of hydrogen-bond donors (Lipinski definition) is 1. The minimum absolute atomic E-state index is 0.0311. The Balaban J connectivity index is 1.65. The van der Waals surface area contributed by atoms with Crippen LogP contribution >= 0.6 is 0 Å². The summed E-state index contributed by atoms with van der Waals surface area (Å²) in [5.41, 5.74) is 0.249. The summed E-state index contributed by atoms with van der Waals surface area (Å²) in [6.07, 6.45) is 1.39. The Kier molecular flexibility index (Phi) is 5.18. The normalized spacial score (nSPS) is 16.1. The number of carbonyl (C=O) groups excluding carboxylic acids is 1. The van der Waals surface area contributed by atoms with E-state index in [-0.39, 0.29) is 36.9 Å². The number of aliphatic hydroxyl groups excluding tert-OH is 1. The Bertz CT molecular complexity index is 731. The SMILES string of the molecule is CC(C)N(CCO)C(=O)c1cn(CC2COc3ccccc3O2)nn1. The molecule has 0 saturated heterocycles. The molecule has 1 N–H and O–H groups in total. The first-order valence-electron chi connectivity index (χ1n) is 8.29. The van der Waals surface area contributed by atoms with Gasteiger partial charge < -0.3 is 19.5 Å². The van der Waals surface area contributed by atoms with Crippen molar-refractivity contribution in [2.45, 2.75) is 32.5 Å². The molecule has 2 aromatic rings. The van der Waals surface area contributed by atoms with Crippen LogP contribution in [-0.4, -0.2) is 62.8 Å². The standard InChI is InChI=1S/C17H22N4O4/c1-12(2)21(7-8-22)17(23)14-10-20(19-18-14)9-13-11-24-15-5-3-4-6-16(15)25-13/h3-6,10,12-13,22H,7-9,11H2,1-2H3. The monoisotopic (exact) mass is 346 g/mol. The van der Waals surface area contributed by atoms with Crippen LogP contribution in [-0.2, 0) is 6.54 Å². The van der Waals surface area contributed by atoms with Crippen LogP contribution in [0.4, 0.5) is 0 Å². The maximum atomic E-state index is 12.5. The van der Waals surface area contributed by atoms with Gasteiger partial charge >= 0.3 is 0 Å². The fourth-order valence-corrected chi connectivity index (χ4v) is 2.70. The number of aromatic nitrogens is 3. The molecule has 1 aliphatic heterocycles. The molecule has 0 spiro atoms. The Morgan fingerprint density at radius 3 is 2.88 bits per heavy atom. The molecule has 134 valence electrons. The first kappa shape index (κ1) is 17.2. The van der Waals surface area contributed by atoms with Crippen molar-refractivity contribution in [3.8, 4) is 11.5 Å². The van der Waals surface area contributed by atoms with E-state index in [1.54, 1.807) is 15.8 Å². The summed E-state index contributed by atoms with van der Waals surface area (Å²) in [5.74, 6) is 1.18. The van der Waals surface area contributed by atoms with E-state index in [1.165, 1.54) is 0 Å². The molecule has 1 aliphatic rings. The lowest BCUT2D eigenvalue weighted by Crippen LogP contribution is -2.39. The van der Waals surface area contributed by atoms with Crippen LogP contribution in [0.2, 0.25) is 0 Å². The van der Waals surface area contributed by atoms with Crippen LogP contribution in [0.5, 0.6) is 11.5 Å². The smallest absolute Gasteiger partial charge is 0.276 e. The van der Waals surface area contributed by atoms with E-state index in [0.29, 0.717) is 18.9 Å². The number of nitrogens with zero attached hydrogens (tertiary/aromatic N) is 4. The van der Waals surface area contributed by atoms with Gasteiger partial charge in [0, 0.05) is 12.6 Å². The predicted molar refractivity (Wildman–Crippen MR) is 89.6 cm³/mol. The average molecular weight is 346 g/mol. The number of rotatable bonds is 6. The third kappa shape index (κ3) is 3.90. The average Bonchev–Trinajstić information content (AvgIpc) is 3.07. The number of ether oxygens (including phenoxy) is 2. The van der Waals surface area contributed by atoms with Crippen molar-refractivity contribution in [2.75, 3.05) is 19.8 Å². The summed E-state index contributed by atoms with van der Waals surface area (Å²) < 4.78 is 13.1. The van der Waals surface area contributed by atoms with Crippen LogP contribution in [0.3, 0.4) is 0 Å². The number of para-hydroxylation sites is 2. The fourth-order valence-electron chi connectivity index (χ4n) is 2.70. The van der Waals surface area contributed by atoms with E-state index in [0.717, 1.165) is 5.75 Å². The molecule has 8 heteroatoms. The van der Waals surface area contributed by atoms with Crippen LogP contribution in [0.25, 0.3) is 0 Å². The van der Waals surface area contributed by atoms with Gasteiger partial charge in [-0.3, -0.25) is 4.79 Å². The zero-order valence-corrected chi connectivity index (χ0v) is 14.3. The molecular formula is C17H22N4O4. The summed E-state index contributed by atoms with van der Waals surface area (Å²) in [4.78, 5) is 14.0. The zero-order valence-electron chi connectivity index (χ0n) is 14.3. The summed E-state index contributed by atoms with van der Waals surface area (Å²) in [5, 5.41) is 17.1. The van der Waals surface area contributed by atoms with Gasteiger partial charge in [0.15, 0.2) is 23.3 Å². The van der Waals surface area contributed by atoms with Crippen molar-refractivity contribution < 1.29 is 19.4 Å². The number of aliphatic hydroxyl groups is 1. The van der Waals surface area contributed by atoms with Gasteiger partial charge in [0.2, 0.25) is 0 Å². The van der Waals surface area contributed by atoms with Crippen LogP contribution in [0.1, 0.15) is 24.3 Å². The Morgan fingerprint density at radius 1 is 1.40 bits per heavy atom. The number of benzene rings is 1. The quantitative estimate of drug-likeness (QED) is 0.838. The molecule has 1 aromatic carbocycles. The van der Waals surface area contributed by atoms with E-state index in [2.05, 4.69) is 10.3 Å². The maximum Gasteiger partial charge on any atom is 0.276 e. The molecule has 1 atom stereocenters. The van der Waals surface area contributed by atoms with Gasteiger partial charge in [-0.2, -0.15) is 0 Å². The van der Waals surface area contributed by atoms with Gasteiger partial charge in [-0.25, -0.2) is 4.68 Å². The van der Waals surface area contributed by atoms with E-state index < -0.39 is 0 Å². The van der Waals surface area contributed by atoms with Crippen LogP contribution in [0.15, 0.2) is 30.5 Å². The van der Waals surface area contributed by atoms with E-state index >= 15 is 0 Å². The Morgan fingerprint density at radius 2 is 2.16 bits per heavy atom. The predicted octanol–water partition coefficient (Wildman–Crippen LogP) is 0.961. The minimum atomic E-state index is -0.249. The molecule has 0 fully saturated rings. The topological polar surface area (TPSA) is 89.7 Å². The van der Waals surface area contributed by atoms with Crippen molar-refractivity contribution in [1.82, 2.24) is 19.9 Å². The number of fused-ring (bicyclic) bond motifs is 1. The molecular weight excluding hydrogens is 324 g/mol. The van der Waals surface area contributed by atoms with Gasteiger partial charge in [0.25, 0.3) is 5.91 Å². The Hall–Kier alpha value is -2.61. The number of hydrogen-bond acceptors (Lipinski definition) is 6. The highest BCUT2D eigenvalue weighted by Gasteiger charge is 2.24. The van der Waals surface area contributed by atoms with Crippen molar-refractivity contribution in [3.63, 3.8) is 0 Å². The van der Waals surface area contributed by atoms with Crippen molar-refractivity contribution in [1.29, 1.82) is 0 Å². The molecule has 0 saturated carbocycles. The van der Waals surface area contributed by atoms with Crippen LogP contribution < -0.4 is 9.47 Å². The third-order valence-corrected chi connectivity index (χ3v) is 3.94. The first-order valence-corrected chi connectivity index (χ1v) is 8.29. The molecule has 1 aromatic heterocycles. The molecule has 0 radical (unpaired) electrons. The van der Waals surface area contributed by atoms with Gasteiger partial charge in [0.05, 0.1) is 19.3 Å². The molecule has 0 bridgehead atoms. The molecule has 8 nitrogen and oxygen atoms in total. The van der Waals surface area contributed by atoms with Gasteiger partial charge in [-0.05, 0) is 26.0 Å². The molecule has 1 amide bonds. The molecule has 2 heterocycles. The van der Waals surface area contributed by atoms with Gasteiger partial charge in [0.1, 0.15) is 6.61 Å². The van der Waals surface area contributed by atoms with Crippen LogP contribution in [0, 0.1) is 0 Å². The van der Waals surface area contributed by atoms with Gasteiger partial charge in [-0.15, -0.1) is 5.10 Å². The third-order valence-electron chi connectivity index (χ3n) is 3.94. The highest BCUT2D eigenvalue weighted by Crippen LogP contribution is 2.31. The van der Waals surface area contributed by atoms with E-state index in [9.17, 15) is 4.79 Å². The lowest BCUT2D eigenvalue weighted by molar-refractivity contribution is 0.0658. The molecule has 1 unspecified atom stereocenters. The summed E-state index contributed by atoms with van der Waals surface area (Å²) in [6, 6.07) is 7.46. The summed E-state index contributed by atoms with van der Waals surface area (Å²) >= 11 is 0. The highest BCUT2D eigenvalue weighted by molar-refractivity contribution is 5.92. The second kappa shape index (κ2) is 7.52. The second-order valence-electron chi connectivity index (χ2n) is 6.14. The summed E-state index contributed by atoms with van der Waals surface area (Å²) in [7, 11) is 0. The van der Waals surface area contributed by atoms with Crippen molar-refractivity contribution in [2.24, 2.45) is 0 Å².